The number of hydrogen-bond donors (Lipinski definition) is 1. The van der Waals surface area contributed by atoms with Crippen LogP contribution < -0.4 is 5.32 Å². The summed E-state index contributed by atoms with van der Waals surface area (Å²) < 4.78 is 0. The highest BCUT2D eigenvalue weighted by molar-refractivity contribution is 8.00. The van der Waals surface area contributed by atoms with Crippen LogP contribution in [0, 0.1) is 5.92 Å². The number of benzene rings is 1. The summed E-state index contributed by atoms with van der Waals surface area (Å²) in [5.41, 5.74) is 1.38. The summed E-state index contributed by atoms with van der Waals surface area (Å²) in [4.78, 5) is 1.47. The van der Waals surface area contributed by atoms with Gasteiger partial charge in [-0.3, -0.25) is 0 Å². The van der Waals surface area contributed by atoms with E-state index in [1.165, 1.54) is 61.9 Å². The first-order valence-electron chi connectivity index (χ1n) is 8.35. The van der Waals surface area contributed by atoms with Crippen molar-refractivity contribution in [3.63, 3.8) is 0 Å². The summed E-state index contributed by atoms with van der Waals surface area (Å²) in [6, 6.07) is 9.62. The highest BCUT2D eigenvalue weighted by Gasteiger charge is 2.23. The van der Waals surface area contributed by atoms with Crippen LogP contribution in [-0.4, -0.2) is 11.3 Å². The topological polar surface area (TPSA) is 12.0 Å². The van der Waals surface area contributed by atoms with E-state index < -0.39 is 0 Å². The van der Waals surface area contributed by atoms with Crippen molar-refractivity contribution in [1.82, 2.24) is 0 Å². The Morgan fingerprint density at radius 3 is 2.45 bits per heavy atom. The second kappa shape index (κ2) is 6.89. The largest absolute Gasteiger partial charge is 0.381 e. The van der Waals surface area contributed by atoms with E-state index in [1.807, 2.05) is 0 Å². The Hall–Kier alpha value is -0.630. The average molecular weight is 289 g/mol. The zero-order valence-corrected chi connectivity index (χ0v) is 13.4. The van der Waals surface area contributed by atoms with E-state index in [4.69, 9.17) is 0 Å². The molecule has 0 aliphatic heterocycles. The third kappa shape index (κ3) is 3.52. The molecule has 0 saturated heterocycles. The molecule has 2 fully saturated rings. The van der Waals surface area contributed by atoms with Gasteiger partial charge in [0.2, 0.25) is 0 Å². The van der Waals surface area contributed by atoms with Crippen LogP contribution in [-0.2, 0) is 0 Å². The van der Waals surface area contributed by atoms with Gasteiger partial charge in [0.25, 0.3) is 0 Å². The van der Waals surface area contributed by atoms with Gasteiger partial charge in [0.05, 0.1) is 0 Å². The predicted octanol–water partition coefficient (Wildman–Crippen LogP) is 5.71. The zero-order chi connectivity index (χ0) is 13.8. The van der Waals surface area contributed by atoms with Gasteiger partial charge in [-0.1, -0.05) is 44.7 Å². The van der Waals surface area contributed by atoms with Crippen LogP contribution in [0.25, 0.3) is 0 Å². The lowest BCUT2D eigenvalue weighted by Crippen LogP contribution is -2.30. The molecule has 0 radical (unpaired) electrons. The molecular weight excluding hydrogens is 262 g/mol. The fraction of sp³-hybridized carbons (Fsp3) is 0.667. The van der Waals surface area contributed by atoms with Gasteiger partial charge in [0.15, 0.2) is 0 Å². The standard InChI is InChI=1S/C18H27NS/c1-14-8-2-5-11-16(14)19-17-12-6-7-13-18(17)20-15-9-3-4-10-15/h6-7,12-16,19H,2-5,8-11H2,1H3. The highest BCUT2D eigenvalue weighted by Crippen LogP contribution is 2.39. The van der Waals surface area contributed by atoms with Gasteiger partial charge in [-0.15, -0.1) is 11.8 Å². The molecule has 0 aromatic heterocycles. The maximum Gasteiger partial charge on any atom is 0.0480 e. The first kappa shape index (κ1) is 14.3. The molecule has 2 heteroatoms. The summed E-state index contributed by atoms with van der Waals surface area (Å²) >= 11 is 2.11. The minimum absolute atomic E-state index is 0.675. The van der Waals surface area contributed by atoms with Crippen LogP contribution in [0.15, 0.2) is 29.2 Å². The number of hydrogen-bond acceptors (Lipinski definition) is 2. The van der Waals surface area contributed by atoms with Crippen molar-refractivity contribution in [3.8, 4) is 0 Å². The Bertz CT molecular complexity index is 425. The third-order valence-electron chi connectivity index (χ3n) is 4.94. The zero-order valence-electron chi connectivity index (χ0n) is 12.6. The highest BCUT2D eigenvalue weighted by atomic mass is 32.2. The number of para-hydroxylation sites is 1. The summed E-state index contributed by atoms with van der Waals surface area (Å²) in [6.07, 6.45) is 11.2. The van der Waals surface area contributed by atoms with Crippen molar-refractivity contribution < 1.29 is 0 Å². The molecule has 1 aromatic carbocycles. The maximum atomic E-state index is 3.85. The molecule has 1 N–H and O–H groups in total. The molecule has 2 aliphatic rings. The van der Waals surface area contributed by atoms with Crippen LogP contribution in [0.1, 0.15) is 58.3 Å². The molecule has 2 saturated carbocycles. The van der Waals surface area contributed by atoms with Crippen molar-refractivity contribution in [1.29, 1.82) is 0 Å². The lowest BCUT2D eigenvalue weighted by Gasteiger charge is -2.31. The number of thioether (sulfide) groups is 1. The van der Waals surface area contributed by atoms with Crippen molar-refractivity contribution in [2.45, 2.75) is 74.5 Å². The van der Waals surface area contributed by atoms with E-state index in [0.717, 1.165) is 11.2 Å². The van der Waals surface area contributed by atoms with Crippen LogP contribution in [0.4, 0.5) is 5.69 Å². The predicted molar refractivity (Wildman–Crippen MR) is 89.6 cm³/mol. The van der Waals surface area contributed by atoms with Crippen LogP contribution >= 0.6 is 11.8 Å². The van der Waals surface area contributed by atoms with Gasteiger partial charge < -0.3 is 5.32 Å². The van der Waals surface area contributed by atoms with Gasteiger partial charge in [0, 0.05) is 21.9 Å². The molecule has 1 aromatic rings. The molecule has 0 bridgehead atoms. The number of anilines is 1. The van der Waals surface area contributed by atoms with Crippen molar-refractivity contribution in [3.05, 3.63) is 24.3 Å². The minimum Gasteiger partial charge on any atom is -0.381 e. The van der Waals surface area contributed by atoms with E-state index in [2.05, 4.69) is 48.3 Å². The van der Waals surface area contributed by atoms with Crippen molar-refractivity contribution in [2.75, 3.05) is 5.32 Å². The van der Waals surface area contributed by atoms with Gasteiger partial charge in [-0.25, -0.2) is 0 Å². The molecule has 20 heavy (non-hydrogen) atoms. The first-order valence-corrected chi connectivity index (χ1v) is 9.23. The van der Waals surface area contributed by atoms with Crippen molar-refractivity contribution >= 4 is 17.4 Å². The molecule has 1 nitrogen and oxygen atoms in total. The molecular formula is C18H27NS. The van der Waals surface area contributed by atoms with Gasteiger partial charge in [0.1, 0.15) is 0 Å². The summed E-state index contributed by atoms with van der Waals surface area (Å²) in [5, 5.41) is 4.70. The average Bonchev–Trinajstić information content (AvgIpc) is 2.96. The fourth-order valence-corrected chi connectivity index (χ4v) is 4.94. The van der Waals surface area contributed by atoms with Gasteiger partial charge in [-0.05, 0) is 43.7 Å². The fourth-order valence-electron chi connectivity index (χ4n) is 3.60. The van der Waals surface area contributed by atoms with Crippen LogP contribution in [0.2, 0.25) is 0 Å². The van der Waals surface area contributed by atoms with Gasteiger partial charge >= 0.3 is 0 Å². The number of nitrogens with one attached hydrogen (secondary N) is 1. The Morgan fingerprint density at radius 2 is 1.65 bits per heavy atom. The van der Waals surface area contributed by atoms with Crippen LogP contribution in [0.5, 0.6) is 0 Å². The quantitative estimate of drug-likeness (QED) is 0.761. The molecule has 0 spiro atoms. The van der Waals surface area contributed by atoms with E-state index >= 15 is 0 Å². The SMILES string of the molecule is CC1CCCCC1Nc1ccccc1SC1CCCC1. The molecule has 0 amide bonds. The monoisotopic (exact) mass is 289 g/mol. The molecule has 0 heterocycles. The smallest absolute Gasteiger partial charge is 0.0480 e. The minimum atomic E-state index is 0.675. The summed E-state index contributed by atoms with van der Waals surface area (Å²) in [6.45, 7) is 2.41. The lowest BCUT2D eigenvalue weighted by atomic mass is 9.86. The Balaban J connectivity index is 1.68. The first-order chi connectivity index (χ1) is 9.83. The molecule has 2 atom stereocenters. The molecule has 2 aliphatic carbocycles. The molecule has 110 valence electrons. The van der Waals surface area contributed by atoms with E-state index in [0.29, 0.717) is 6.04 Å². The molecule has 2 unspecified atom stereocenters. The second-order valence-corrected chi connectivity index (χ2v) is 7.88. The molecule has 3 rings (SSSR count). The van der Waals surface area contributed by atoms with E-state index in [-0.39, 0.29) is 0 Å². The Morgan fingerprint density at radius 1 is 0.950 bits per heavy atom. The Labute approximate surface area is 127 Å². The Kier molecular flexibility index (Phi) is 4.93. The normalized spacial score (nSPS) is 27.6. The lowest BCUT2D eigenvalue weighted by molar-refractivity contribution is 0.349. The van der Waals surface area contributed by atoms with Gasteiger partial charge in [-0.2, -0.15) is 0 Å². The number of rotatable bonds is 4. The summed E-state index contributed by atoms with van der Waals surface area (Å²) in [7, 11) is 0. The van der Waals surface area contributed by atoms with Crippen LogP contribution in [0.3, 0.4) is 0 Å². The van der Waals surface area contributed by atoms with Crippen molar-refractivity contribution in [2.24, 2.45) is 5.92 Å². The third-order valence-corrected chi connectivity index (χ3v) is 6.35. The van der Waals surface area contributed by atoms with E-state index in [9.17, 15) is 0 Å². The second-order valence-electron chi connectivity index (χ2n) is 6.53. The summed E-state index contributed by atoms with van der Waals surface area (Å²) in [5.74, 6) is 0.813. The maximum absolute atomic E-state index is 3.85. The van der Waals surface area contributed by atoms with E-state index in [1.54, 1.807) is 0 Å².